The first kappa shape index (κ1) is 18.4. The van der Waals surface area contributed by atoms with Gasteiger partial charge >= 0.3 is 0 Å². The average molecular weight is 393 g/mol. The van der Waals surface area contributed by atoms with Crippen LogP contribution in [0.15, 0.2) is 18.3 Å². The van der Waals surface area contributed by atoms with Crippen LogP contribution < -0.4 is 4.90 Å². The number of aliphatic hydroxyl groups is 1. The Balaban J connectivity index is 1.74. The summed E-state index contributed by atoms with van der Waals surface area (Å²) in [6, 6.07) is 4.42. The van der Waals surface area contributed by atoms with Gasteiger partial charge in [0.1, 0.15) is 0 Å². The minimum Gasteiger partial charge on any atom is -0.396 e. The molecule has 152 valence electrons. The van der Waals surface area contributed by atoms with Crippen LogP contribution in [-0.4, -0.2) is 39.3 Å². The number of carbonyl (C=O) groups is 1. The van der Waals surface area contributed by atoms with Crippen LogP contribution in [0.2, 0.25) is 0 Å². The minimum atomic E-state index is -0.472. The molecule has 5 rings (SSSR count). The van der Waals surface area contributed by atoms with Gasteiger partial charge in [-0.2, -0.15) is 5.10 Å². The van der Waals surface area contributed by atoms with Crippen LogP contribution in [0.1, 0.15) is 56.2 Å². The predicted octanol–water partition coefficient (Wildman–Crippen LogP) is 3.83. The first-order valence-corrected chi connectivity index (χ1v) is 10.8. The van der Waals surface area contributed by atoms with E-state index >= 15 is 0 Å². The molecule has 29 heavy (non-hydrogen) atoms. The molecule has 0 spiro atoms. The van der Waals surface area contributed by atoms with E-state index in [1.807, 2.05) is 11.1 Å². The number of nitrogens with one attached hydrogen (secondary N) is 2. The highest BCUT2D eigenvalue weighted by molar-refractivity contribution is 6.11. The van der Waals surface area contributed by atoms with Gasteiger partial charge in [0.05, 0.1) is 23.0 Å². The van der Waals surface area contributed by atoms with Crippen LogP contribution in [0, 0.1) is 0 Å². The number of carbonyl (C=O) groups excluding carboxylic acids is 1. The number of aromatic nitrogens is 3. The molecule has 3 N–H and O–H groups in total. The van der Waals surface area contributed by atoms with Gasteiger partial charge in [0, 0.05) is 29.7 Å². The van der Waals surface area contributed by atoms with Gasteiger partial charge < -0.3 is 15.0 Å². The topological polar surface area (TPSA) is 85.0 Å². The fraction of sp³-hybridized carbons (Fsp3) is 0.478. The lowest BCUT2D eigenvalue weighted by atomic mass is 9.76. The maximum absolute atomic E-state index is 13.4. The SMILES string of the molecule is CCC1(CC)C(=O)N(CCCO)c2cc3c4c([nH]c3cc21)-c1[nH]ncc1CCC4. The molecule has 1 aromatic carbocycles. The molecule has 3 heterocycles. The number of aromatic amines is 2. The van der Waals surface area contributed by atoms with Crippen molar-refractivity contribution in [3.8, 4) is 11.4 Å². The van der Waals surface area contributed by atoms with Crippen molar-refractivity contribution in [2.24, 2.45) is 0 Å². The summed E-state index contributed by atoms with van der Waals surface area (Å²) in [7, 11) is 0. The molecule has 0 bridgehead atoms. The smallest absolute Gasteiger partial charge is 0.237 e. The lowest BCUT2D eigenvalue weighted by Crippen LogP contribution is -2.40. The lowest BCUT2D eigenvalue weighted by molar-refractivity contribution is -0.123. The molecule has 6 heteroatoms. The third-order valence-electron chi connectivity index (χ3n) is 7.07. The average Bonchev–Trinajstić information content (AvgIpc) is 3.36. The molecule has 1 aliphatic carbocycles. The van der Waals surface area contributed by atoms with Crippen LogP contribution in [0.3, 0.4) is 0 Å². The van der Waals surface area contributed by atoms with Gasteiger partial charge in [0.2, 0.25) is 5.91 Å². The highest BCUT2D eigenvalue weighted by Gasteiger charge is 2.48. The summed E-state index contributed by atoms with van der Waals surface area (Å²) in [6.45, 7) is 4.86. The minimum absolute atomic E-state index is 0.0920. The second-order valence-corrected chi connectivity index (χ2v) is 8.34. The summed E-state index contributed by atoms with van der Waals surface area (Å²) in [5, 5.41) is 18.0. The number of rotatable bonds is 5. The summed E-state index contributed by atoms with van der Waals surface area (Å²) < 4.78 is 0. The molecule has 0 atom stereocenters. The van der Waals surface area contributed by atoms with E-state index in [-0.39, 0.29) is 12.5 Å². The molecule has 1 aliphatic heterocycles. The van der Waals surface area contributed by atoms with Gasteiger partial charge in [-0.15, -0.1) is 0 Å². The number of anilines is 1. The lowest BCUT2D eigenvalue weighted by Gasteiger charge is -2.26. The molecule has 0 saturated heterocycles. The van der Waals surface area contributed by atoms with Gasteiger partial charge in [0.25, 0.3) is 0 Å². The Labute approximate surface area is 170 Å². The number of amides is 1. The summed E-state index contributed by atoms with van der Waals surface area (Å²) in [4.78, 5) is 19.0. The quantitative estimate of drug-likeness (QED) is 0.617. The monoisotopic (exact) mass is 392 g/mol. The predicted molar refractivity (Wildman–Crippen MR) is 114 cm³/mol. The molecule has 1 amide bonds. The number of nitrogens with zero attached hydrogens (tertiary/aromatic N) is 2. The third-order valence-corrected chi connectivity index (χ3v) is 7.07. The van der Waals surface area contributed by atoms with E-state index < -0.39 is 5.41 Å². The van der Waals surface area contributed by atoms with E-state index in [4.69, 9.17) is 0 Å². The van der Waals surface area contributed by atoms with Crippen molar-refractivity contribution in [1.82, 2.24) is 15.2 Å². The maximum atomic E-state index is 13.4. The van der Waals surface area contributed by atoms with E-state index in [9.17, 15) is 9.90 Å². The Hall–Kier alpha value is -2.60. The number of aryl methyl sites for hydroxylation is 2. The van der Waals surface area contributed by atoms with E-state index in [1.54, 1.807) is 0 Å². The van der Waals surface area contributed by atoms with E-state index in [0.717, 1.165) is 60.3 Å². The number of hydrogen-bond donors (Lipinski definition) is 3. The molecule has 0 unspecified atom stereocenters. The van der Waals surface area contributed by atoms with Gasteiger partial charge in [-0.05, 0) is 67.3 Å². The Morgan fingerprint density at radius 3 is 2.79 bits per heavy atom. The van der Waals surface area contributed by atoms with Crippen molar-refractivity contribution >= 4 is 22.5 Å². The summed E-state index contributed by atoms with van der Waals surface area (Å²) in [5.74, 6) is 0.181. The number of fused-ring (bicyclic) bond motifs is 6. The van der Waals surface area contributed by atoms with Gasteiger partial charge in [0.15, 0.2) is 0 Å². The standard InChI is InChI=1S/C23H28N4O2/c1-3-23(4-2)17-12-18-16(11-19(17)27(22(23)29)9-6-10-28)15-8-5-7-14-13-24-26-20(14)21(15)25-18/h11-13,25,28H,3-10H2,1-2H3,(H,24,26). The Bertz CT molecular complexity index is 1090. The fourth-order valence-electron chi connectivity index (χ4n) is 5.41. The molecule has 0 fully saturated rings. The van der Waals surface area contributed by atoms with Crippen LogP contribution in [0.4, 0.5) is 5.69 Å². The van der Waals surface area contributed by atoms with Crippen molar-refractivity contribution in [1.29, 1.82) is 0 Å². The molecule has 6 nitrogen and oxygen atoms in total. The fourth-order valence-corrected chi connectivity index (χ4v) is 5.41. The Morgan fingerprint density at radius 2 is 2.03 bits per heavy atom. The molecule has 0 radical (unpaired) electrons. The van der Waals surface area contributed by atoms with Crippen LogP contribution in [0.5, 0.6) is 0 Å². The Morgan fingerprint density at radius 1 is 1.21 bits per heavy atom. The van der Waals surface area contributed by atoms with Crippen molar-refractivity contribution < 1.29 is 9.90 Å². The van der Waals surface area contributed by atoms with Gasteiger partial charge in [-0.1, -0.05) is 13.8 Å². The van der Waals surface area contributed by atoms with Gasteiger partial charge in [-0.3, -0.25) is 9.89 Å². The second-order valence-electron chi connectivity index (χ2n) is 8.34. The molecule has 2 aliphatic rings. The highest BCUT2D eigenvalue weighted by atomic mass is 16.3. The summed E-state index contributed by atoms with van der Waals surface area (Å²) >= 11 is 0. The third kappa shape index (κ3) is 2.45. The van der Waals surface area contributed by atoms with Crippen LogP contribution in [0.25, 0.3) is 22.3 Å². The number of aliphatic hydroxyl groups excluding tert-OH is 1. The van der Waals surface area contributed by atoms with Crippen molar-refractivity contribution in [3.05, 3.63) is 35.0 Å². The highest BCUT2D eigenvalue weighted by Crippen LogP contribution is 2.49. The number of benzene rings is 1. The zero-order valence-electron chi connectivity index (χ0n) is 17.1. The first-order valence-electron chi connectivity index (χ1n) is 10.8. The van der Waals surface area contributed by atoms with Crippen LogP contribution in [-0.2, 0) is 23.1 Å². The molecule has 0 saturated carbocycles. The number of H-pyrrole nitrogens is 2. The first-order chi connectivity index (χ1) is 14.1. The zero-order valence-corrected chi connectivity index (χ0v) is 17.1. The summed E-state index contributed by atoms with van der Waals surface area (Å²) in [5.41, 5.74) is 7.58. The normalized spacial score (nSPS) is 17.3. The molecule has 2 aromatic heterocycles. The zero-order chi connectivity index (χ0) is 20.2. The molecule has 3 aromatic rings. The number of hydrogen-bond acceptors (Lipinski definition) is 3. The van der Waals surface area contributed by atoms with E-state index in [0.29, 0.717) is 13.0 Å². The van der Waals surface area contributed by atoms with E-state index in [2.05, 4.69) is 41.2 Å². The van der Waals surface area contributed by atoms with Crippen molar-refractivity contribution in [3.63, 3.8) is 0 Å². The van der Waals surface area contributed by atoms with Crippen molar-refractivity contribution in [2.75, 3.05) is 18.1 Å². The van der Waals surface area contributed by atoms with Crippen LogP contribution >= 0.6 is 0 Å². The molecular weight excluding hydrogens is 364 g/mol. The molecular formula is C23H28N4O2. The summed E-state index contributed by atoms with van der Waals surface area (Å²) in [6.07, 6.45) is 7.21. The van der Waals surface area contributed by atoms with Gasteiger partial charge in [-0.25, -0.2) is 0 Å². The maximum Gasteiger partial charge on any atom is 0.237 e. The Kier molecular flexibility index (Phi) is 4.28. The second kappa shape index (κ2) is 6.73. The van der Waals surface area contributed by atoms with E-state index in [1.165, 1.54) is 16.5 Å². The van der Waals surface area contributed by atoms with Crippen molar-refractivity contribution in [2.45, 2.75) is 57.8 Å². The largest absolute Gasteiger partial charge is 0.396 e.